The normalized spacial score (nSPS) is 16.4. The van der Waals surface area contributed by atoms with Crippen molar-refractivity contribution >= 4 is 34.0 Å². The Bertz CT molecular complexity index is 554. The SMILES string of the molecule is O=C(c1cc([N+](=O)[O-])ccc1Cl)N1CCS(=O)CC1. The molecule has 6 nitrogen and oxygen atoms in total. The number of rotatable bonds is 2. The molecule has 0 radical (unpaired) electrons. The number of hydrogen-bond donors (Lipinski definition) is 0. The van der Waals surface area contributed by atoms with Crippen LogP contribution in [0.3, 0.4) is 0 Å². The number of benzene rings is 1. The van der Waals surface area contributed by atoms with Gasteiger partial charge < -0.3 is 4.90 Å². The summed E-state index contributed by atoms with van der Waals surface area (Å²) in [5, 5.41) is 10.9. The molecule has 0 aromatic heterocycles. The van der Waals surface area contributed by atoms with Gasteiger partial charge in [-0.1, -0.05) is 11.6 Å². The number of nitro benzene ring substituents is 1. The van der Waals surface area contributed by atoms with Crippen molar-refractivity contribution in [2.75, 3.05) is 24.6 Å². The van der Waals surface area contributed by atoms with Gasteiger partial charge in [-0.25, -0.2) is 0 Å². The lowest BCUT2D eigenvalue weighted by molar-refractivity contribution is -0.384. The molecule has 8 heteroatoms. The van der Waals surface area contributed by atoms with Crippen molar-refractivity contribution in [1.82, 2.24) is 4.90 Å². The first-order valence-electron chi connectivity index (χ1n) is 5.57. The van der Waals surface area contributed by atoms with Crippen molar-refractivity contribution in [2.24, 2.45) is 0 Å². The Morgan fingerprint density at radius 2 is 2.00 bits per heavy atom. The topological polar surface area (TPSA) is 80.5 Å². The minimum atomic E-state index is -0.886. The molecule has 1 heterocycles. The van der Waals surface area contributed by atoms with Crippen LogP contribution in [0.1, 0.15) is 10.4 Å². The number of non-ortho nitro benzene ring substituents is 1. The standard InChI is InChI=1S/C11H11ClN2O4S/c12-10-2-1-8(14(16)17)7-9(10)11(15)13-3-5-19(18)6-4-13/h1-2,7H,3-6H2. The molecule has 1 aliphatic heterocycles. The molecule has 0 spiro atoms. The summed E-state index contributed by atoms with van der Waals surface area (Å²) in [7, 11) is -0.886. The first kappa shape index (κ1) is 14.0. The van der Waals surface area contributed by atoms with Crippen molar-refractivity contribution in [3.63, 3.8) is 0 Å². The zero-order valence-electron chi connectivity index (χ0n) is 9.87. The highest BCUT2D eigenvalue weighted by atomic mass is 35.5. The van der Waals surface area contributed by atoms with E-state index in [0.717, 1.165) is 0 Å². The smallest absolute Gasteiger partial charge is 0.270 e. The van der Waals surface area contributed by atoms with Gasteiger partial charge in [0, 0.05) is 47.5 Å². The van der Waals surface area contributed by atoms with E-state index in [-0.39, 0.29) is 22.2 Å². The second-order valence-corrected chi connectivity index (χ2v) is 6.16. The number of nitro groups is 1. The molecule has 1 aliphatic rings. The Kier molecular flexibility index (Phi) is 4.16. The van der Waals surface area contributed by atoms with E-state index < -0.39 is 15.7 Å². The zero-order valence-corrected chi connectivity index (χ0v) is 11.4. The number of nitrogens with zero attached hydrogens (tertiary/aromatic N) is 2. The van der Waals surface area contributed by atoms with Gasteiger partial charge in [-0.05, 0) is 6.07 Å². The van der Waals surface area contributed by atoms with Crippen molar-refractivity contribution in [1.29, 1.82) is 0 Å². The fourth-order valence-corrected chi connectivity index (χ4v) is 3.05. The molecule has 19 heavy (non-hydrogen) atoms. The maximum absolute atomic E-state index is 12.2. The Morgan fingerprint density at radius 3 is 2.58 bits per heavy atom. The van der Waals surface area contributed by atoms with Crippen LogP contribution in [-0.4, -0.2) is 44.5 Å². The van der Waals surface area contributed by atoms with Gasteiger partial charge in [0.2, 0.25) is 0 Å². The second-order valence-electron chi connectivity index (χ2n) is 4.06. The van der Waals surface area contributed by atoms with E-state index in [9.17, 15) is 19.1 Å². The summed E-state index contributed by atoms with van der Waals surface area (Å²) < 4.78 is 11.2. The van der Waals surface area contributed by atoms with Gasteiger partial charge in [0.05, 0.1) is 15.5 Å². The van der Waals surface area contributed by atoms with Crippen LogP contribution in [-0.2, 0) is 10.8 Å². The lowest BCUT2D eigenvalue weighted by Gasteiger charge is -2.26. The molecule has 1 fully saturated rings. The third-order valence-electron chi connectivity index (χ3n) is 2.86. The van der Waals surface area contributed by atoms with Crippen LogP contribution < -0.4 is 0 Å². The summed E-state index contributed by atoms with van der Waals surface area (Å²) in [6, 6.07) is 3.77. The average molecular weight is 303 g/mol. The first-order chi connectivity index (χ1) is 8.99. The van der Waals surface area contributed by atoms with Crippen molar-refractivity contribution in [3.05, 3.63) is 38.9 Å². The fourth-order valence-electron chi connectivity index (χ4n) is 1.80. The maximum Gasteiger partial charge on any atom is 0.270 e. The summed E-state index contributed by atoms with van der Waals surface area (Å²) in [5.74, 6) is 0.502. The van der Waals surface area contributed by atoms with E-state index in [4.69, 9.17) is 11.6 Å². The molecule has 0 N–H and O–H groups in total. The number of hydrogen-bond acceptors (Lipinski definition) is 4. The van der Waals surface area contributed by atoms with Gasteiger partial charge in [0.15, 0.2) is 0 Å². The zero-order chi connectivity index (χ0) is 14.0. The lowest BCUT2D eigenvalue weighted by Crippen LogP contribution is -2.41. The minimum Gasteiger partial charge on any atom is -0.337 e. The molecule has 0 atom stereocenters. The van der Waals surface area contributed by atoms with Gasteiger partial charge in [-0.15, -0.1) is 0 Å². The summed E-state index contributed by atoms with van der Waals surface area (Å²) >= 11 is 5.91. The van der Waals surface area contributed by atoms with Crippen molar-refractivity contribution in [3.8, 4) is 0 Å². The second kappa shape index (κ2) is 5.66. The van der Waals surface area contributed by atoms with Gasteiger partial charge in [0.25, 0.3) is 11.6 Å². The van der Waals surface area contributed by atoms with Crippen LogP contribution in [0, 0.1) is 10.1 Å². The molecular formula is C11H11ClN2O4S. The Labute approximate surface area is 117 Å². The number of carbonyl (C=O) groups is 1. The maximum atomic E-state index is 12.2. The van der Waals surface area contributed by atoms with E-state index in [1.165, 1.54) is 23.1 Å². The van der Waals surface area contributed by atoms with Crippen molar-refractivity contribution < 1.29 is 13.9 Å². The van der Waals surface area contributed by atoms with Crippen LogP contribution >= 0.6 is 11.6 Å². The highest BCUT2D eigenvalue weighted by Gasteiger charge is 2.24. The highest BCUT2D eigenvalue weighted by Crippen LogP contribution is 2.23. The predicted octanol–water partition coefficient (Wildman–Crippen LogP) is 1.45. The molecule has 1 aromatic carbocycles. The average Bonchev–Trinajstić information content (AvgIpc) is 2.39. The van der Waals surface area contributed by atoms with Crippen LogP contribution in [0.4, 0.5) is 5.69 Å². The molecule has 0 aliphatic carbocycles. The Morgan fingerprint density at radius 1 is 1.37 bits per heavy atom. The van der Waals surface area contributed by atoms with Gasteiger partial charge in [-0.2, -0.15) is 0 Å². The lowest BCUT2D eigenvalue weighted by atomic mass is 10.1. The number of amides is 1. The quantitative estimate of drug-likeness (QED) is 0.612. The summed E-state index contributed by atoms with van der Waals surface area (Å²) in [5.41, 5.74) is -0.0584. The molecule has 0 bridgehead atoms. The first-order valence-corrected chi connectivity index (χ1v) is 7.44. The molecule has 0 saturated carbocycles. The van der Waals surface area contributed by atoms with Crippen LogP contribution in [0.2, 0.25) is 5.02 Å². The highest BCUT2D eigenvalue weighted by molar-refractivity contribution is 7.85. The monoisotopic (exact) mass is 302 g/mol. The summed E-state index contributed by atoms with van der Waals surface area (Å²) in [6.07, 6.45) is 0. The fraction of sp³-hybridized carbons (Fsp3) is 0.364. The molecule has 2 rings (SSSR count). The molecule has 1 amide bonds. The van der Waals surface area contributed by atoms with E-state index in [1.807, 2.05) is 0 Å². The summed E-state index contributed by atoms with van der Waals surface area (Å²) in [6.45, 7) is 0.759. The van der Waals surface area contributed by atoms with E-state index >= 15 is 0 Å². The van der Waals surface area contributed by atoms with Crippen LogP contribution in [0.25, 0.3) is 0 Å². The molecule has 1 saturated heterocycles. The largest absolute Gasteiger partial charge is 0.337 e. The van der Waals surface area contributed by atoms with E-state index in [2.05, 4.69) is 0 Å². The van der Waals surface area contributed by atoms with Gasteiger partial charge in [-0.3, -0.25) is 19.1 Å². The molecule has 1 aromatic rings. The van der Waals surface area contributed by atoms with Gasteiger partial charge in [0.1, 0.15) is 0 Å². The number of halogens is 1. The molecular weight excluding hydrogens is 292 g/mol. The van der Waals surface area contributed by atoms with Crippen LogP contribution in [0.5, 0.6) is 0 Å². The predicted molar refractivity (Wildman–Crippen MR) is 71.9 cm³/mol. The van der Waals surface area contributed by atoms with E-state index in [1.54, 1.807) is 0 Å². The number of carbonyl (C=O) groups excluding carboxylic acids is 1. The van der Waals surface area contributed by atoms with Crippen molar-refractivity contribution in [2.45, 2.75) is 0 Å². The van der Waals surface area contributed by atoms with Gasteiger partial charge >= 0.3 is 0 Å². The summed E-state index contributed by atoms with van der Waals surface area (Å²) in [4.78, 5) is 23.9. The Hall–Kier alpha value is -1.47. The van der Waals surface area contributed by atoms with E-state index in [0.29, 0.717) is 24.6 Å². The molecule has 0 unspecified atom stereocenters. The van der Waals surface area contributed by atoms with Crippen LogP contribution in [0.15, 0.2) is 18.2 Å². The molecule has 102 valence electrons. The Balaban J connectivity index is 2.25. The third kappa shape index (κ3) is 3.10. The minimum absolute atomic E-state index is 0.114. The third-order valence-corrected chi connectivity index (χ3v) is 4.46.